The molecule has 0 fully saturated rings. The van der Waals surface area contributed by atoms with E-state index in [0.29, 0.717) is 11.3 Å². The highest BCUT2D eigenvalue weighted by atomic mass is 16.1. The number of para-hydroxylation sites is 1. The number of nitrogens with zero attached hydrogens (tertiary/aromatic N) is 3. The zero-order chi connectivity index (χ0) is 13.2. The molecule has 94 valence electrons. The van der Waals surface area contributed by atoms with E-state index in [0.717, 1.165) is 5.69 Å². The van der Waals surface area contributed by atoms with Crippen molar-refractivity contribution in [3.63, 3.8) is 0 Å². The molecular weight excluding hydrogens is 242 g/mol. The molecule has 6 nitrogen and oxygen atoms in total. The number of nitrogens with one attached hydrogen (secondary N) is 1. The molecule has 2 aromatic heterocycles. The Bertz CT molecular complexity index is 713. The van der Waals surface area contributed by atoms with Gasteiger partial charge in [-0.15, -0.1) is 0 Å². The van der Waals surface area contributed by atoms with Gasteiger partial charge in [0.05, 0.1) is 23.6 Å². The maximum absolute atomic E-state index is 12.4. The lowest BCUT2D eigenvalue weighted by atomic mass is 10.1. The van der Waals surface area contributed by atoms with E-state index in [9.17, 15) is 4.79 Å². The summed E-state index contributed by atoms with van der Waals surface area (Å²) in [6.07, 6.45) is 3.00. The van der Waals surface area contributed by atoms with Crippen molar-refractivity contribution >= 4 is 11.6 Å². The second kappa shape index (κ2) is 4.41. The Kier molecular flexibility index (Phi) is 2.60. The number of H-pyrrole nitrogens is 1. The average molecular weight is 253 g/mol. The van der Waals surface area contributed by atoms with Crippen LogP contribution in [0.25, 0.3) is 5.69 Å². The summed E-state index contributed by atoms with van der Waals surface area (Å²) in [7, 11) is 0. The molecule has 1 aromatic carbocycles. The highest BCUT2D eigenvalue weighted by Crippen LogP contribution is 2.16. The molecule has 3 rings (SSSR count). The monoisotopic (exact) mass is 253 g/mol. The first-order chi connectivity index (χ1) is 9.27. The van der Waals surface area contributed by atoms with E-state index in [1.807, 2.05) is 30.3 Å². The molecule has 19 heavy (non-hydrogen) atoms. The number of aromatic amines is 1. The third kappa shape index (κ3) is 1.89. The van der Waals surface area contributed by atoms with Crippen molar-refractivity contribution in [2.45, 2.75) is 0 Å². The van der Waals surface area contributed by atoms with Crippen LogP contribution >= 0.6 is 0 Å². The van der Waals surface area contributed by atoms with Gasteiger partial charge in [-0.25, -0.2) is 4.68 Å². The van der Waals surface area contributed by atoms with E-state index >= 15 is 0 Å². The molecule has 0 unspecified atom stereocenters. The molecule has 0 spiro atoms. The lowest BCUT2D eigenvalue weighted by Gasteiger charge is -2.05. The summed E-state index contributed by atoms with van der Waals surface area (Å²) in [4.78, 5) is 12.4. The van der Waals surface area contributed by atoms with E-state index in [-0.39, 0.29) is 11.6 Å². The first-order valence-corrected chi connectivity index (χ1v) is 5.70. The molecular formula is C13H11N5O. The van der Waals surface area contributed by atoms with Crippen LogP contribution in [0.5, 0.6) is 0 Å². The Balaban J connectivity index is 2.06. The third-order valence-electron chi connectivity index (χ3n) is 2.79. The summed E-state index contributed by atoms with van der Waals surface area (Å²) in [5, 5.41) is 10.5. The van der Waals surface area contributed by atoms with Gasteiger partial charge in [-0.05, 0) is 18.2 Å². The third-order valence-corrected chi connectivity index (χ3v) is 2.79. The molecule has 0 amide bonds. The molecule has 3 N–H and O–H groups in total. The van der Waals surface area contributed by atoms with E-state index in [4.69, 9.17) is 5.73 Å². The number of carbonyl (C=O) groups is 1. The van der Waals surface area contributed by atoms with Gasteiger partial charge in [-0.1, -0.05) is 18.2 Å². The summed E-state index contributed by atoms with van der Waals surface area (Å²) in [5.74, 6) is 0.0402. The van der Waals surface area contributed by atoms with Gasteiger partial charge >= 0.3 is 0 Å². The summed E-state index contributed by atoms with van der Waals surface area (Å²) >= 11 is 0. The predicted octanol–water partition coefficient (Wildman–Crippen LogP) is 1.41. The normalized spacial score (nSPS) is 10.5. The molecule has 2 heterocycles. The van der Waals surface area contributed by atoms with E-state index in [1.165, 1.54) is 6.20 Å². The molecule has 3 aromatic rings. The maximum atomic E-state index is 12.4. The maximum Gasteiger partial charge on any atom is 0.216 e. The number of nitrogen functional groups attached to an aromatic ring is 1. The number of carbonyl (C=O) groups excluding carboxylic acids is 1. The SMILES string of the molecule is Nc1[nH]ncc1C(=O)c1ccnn1-c1ccccc1. The van der Waals surface area contributed by atoms with E-state index in [1.54, 1.807) is 16.9 Å². The van der Waals surface area contributed by atoms with Crippen LogP contribution in [0.1, 0.15) is 16.1 Å². The fraction of sp³-hybridized carbons (Fsp3) is 0. The molecule has 0 aliphatic heterocycles. The molecule has 0 saturated heterocycles. The first kappa shape index (κ1) is 11.2. The number of aromatic nitrogens is 4. The van der Waals surface area contributed by atoms with Gasteiger partial charge in [0.1, 0.15) is 11.5 Å². The van der Waals surface area contributed by atoms with Gasteiger partial charge < -0.3 is 5.73 Å². The van der Waals surface area contributed by atoms with Crippen LogP contribution in [0.2, 0.25) is 0 Å². The van der Waals surface area contributed by atoms with Crippen molar-refractivity contribution in [1.29, 1.82) is 0 Å². The molecule has 0 bridgehead atoms. The van der Waals surface area contributed by atoms with Crippen LogP contribution in [0, 0.1) is 0 Å². The molecule has 0 radical (unpaired) electrons. The molecule has 0 aliphatic rings. The van der Waals surface area contributed by atoms with Crippen LogP contribution in [0.15, 0.2) is 48.8 Å². The van der Waals surface area contributed by atoms with Gasteiger partial charge in [-0.2, -0.15) is 10.2 Å². The van der Waals surface area contributed by atoms with Crippen molar-refractivity contribution in [1.82, 2.24) is 20.0 Å². The van der Waals surface area contributed by atoms with Crippen molar-refractivity contribution in [3.8, 4) is 5.69 Å². The quantitative estimate of drug-likeness (QED) is 0.690. The minimum Gasteiger partial charge on any atom is -0.383 e. The number of rotatable bonds is 3. The molecule has 0 atom stereocenters. The van der Waals surface area contributed by atoms with Gasteiger partial charge in [0.2, 0.25) is 5.78 Å². The van der Waals surface area contributed by atoms with Gasteiger partial charge in [0.25, 0.3) is 0 Å². The Morgan fingerprint density at radius 2 is 2.00 bits per heavy atom. The Morgan fingerprint density at radius 3 is 2.68 bits per heavy atom. The highest BCUT2D eigenvalue weighted by molar-refractivity contribution is 6.10. The zero-order valence-corrected chi connectivity index (χ0v) is 9.95. The lowest BCUT2D eigenvalue weighted by molar-refractivity contribution is 0.103. The van der Waals surface area contributed by atoms with E-state index in [2.05, 4.69) is 15.3 Å². The fourth-order valence-corrected chi connectivity index (χ4v) is 1.87. The summed E-state index contributed by atoms with van der Waals surface area (Å²) in [5.41, 5.74) is 7.27. The van der Waals surface area contributed by atoms with Crippen molar-refractivity contribution in [2.75, 3.05) is 5.73 Å². The number of anilines is 1. The number of ketones is 1. The highest BCUT2D eigenvalue weighted by Gasteiger charge is 2.18. The smallest absolute Gasteiger partial charge is 0.216 e. The number of nitrogens with two attached hydrogens (primary N) is 1. The summed E-state index contributed by atoms with van der Waals surface area (Å²) < 4.78 is 1.58. The Hall–Kier alpha value is -2.89. The lowest BCUT2D eigenvalue weighted by Crippen LogP contribution is -2.10. The fourth-order valence-electron chi connectivity index (χ4n) is 1.87. The molecule has 0 aliphatic carbocycles. The summed E-state index contributed by atoms with van der Waals surface area (Å²) in [6.45, 7) is 0. The Labute approximate surface area is 108 Å². The number of hydrogen-bond donors (Lipinski definition) is 2. The van der Waals surface area contributed by atoms with Crippen LogP contribution in [-0.4, -0.2) is 25.8 Å². The first-order valence-electron chi connectivity index (χ1n) is 5.70. The van der Waals surface area contributed by atoms with Gasteiger partial charge in [0.15, 0.2) is 0 Å². The number of hydrogen-bond acceptors (Lipinski definition) is 4. The minimum atomic E-state index is -0.215. The summed E-state index contributed by atoms with van der Waals surface area (Å²) in [6, 6.07) is 11.1. The van der Waals surface area contributed by atoms with Crippen molar-refractivity contribution in [2.24, 2.45) is 0 Å². The topological polar surface area (TPSA) is 89.6 Å². The van der Waals surface area contributed by atoms with Crippen LogP contribution in [-0.2, 0) is 0 Å². The molecule has 0 saturated carbocycles. The number of benzene rings is 1. The molecule has 6 heteroatoms. The largest absolute Gasteiger partial charge is 0.383 e. The van der Waals surface area contributed by atoms with Crippen LogP contribution in [0.4, 0.5) is 5.82 Å². The van der Waals surface area contributed by atoms with Crippen molar-refractivity contribution < 1.29 is 4.79 Å². The standard InChI is InChI=1S/C13H11N5O/c14-13-10(8-15-17-13)12(19)11-6-7-16-18(11)9-4-2-1-3-5-9/h1-8H,(H3,14,15,17). The van der Waals surface area contributed by atoms with Crippen LogP contribution in [0.3, 0.4) is 0 Å². The average Bonchev–Trinajstić information content (AvgIpc) is 3.07. The second-order valence-electron chi connectivity index (χ2n) is 3.99. The van der Waals surface area contributed by atoms with Crippen LogP contribution < -0.4 is 5.73 Å². The second-order valence-corrected chi connectivity index (χ2v) is 3.99. The predicted molar refractivity (Wildman–Crippen MR) is 70.0 cm³/mol. The van der Waals surface area contributed by atoms with Gasteiger partial charge in [-0.3, -0.25) is 9.89 Å². The minimum absolute atomic E-state index is 0.215. The van der Waals surface area contributed by atoms with Gasteiger partial charge in [0, 0.05) is 0 Å². The van der Waals surface area contributed by atoms with E-state index < -0.39 is 0 Å². The Morgan fingerprint density at radius 1 is 1.21 bits per heavy atom. The zero-order valence-electron chi connectivity index (χ0n) is 9.95. The van der Waals surface area contributed by atoms with Crippen molar-refractivity contribution in [3.05, 3.63) is 60.0 Å².